The Morgan fingerprint density at radius 1 is 1.06 bits per heavy atom. The van der Waals surface area contributed by atoms with E-state index in [0.717, 1.165) is 11.1 Å². The van der Waals surface area contributed by atoms with Crippen molar-refractivity contribution in [1.29, 1.82) is 0 Å². The molecule has 0 spiro atoms. The molecule has 0 saturated carbocycles. The summed E-state index contributed by atoms with van der Waals surface area (Å²) in [5, 5.41) is 15.0. The first-order valence-electron chi connectivity index (χ1n) is 9.52. The zero-order valence-corrected chi connectivity index (χ0v) is 17.5. The van der Waals surface area contributed by atoms with Gasteiger partial charge in [-0.3, -0.25) is 15.5 Å². The third kappa shape index (κ3) is 5.82. The van der Waals surface area contributed by atoms with Crippen molar-refractivity contribution in [2.45, 2.75) is 6.61 Å². The summed E-state index contributed by atoms with van der Waals surface area (Å²) in [5.74, 6) is 0.681. The quantitative estimate of drug-likeness (QED) is 0.229. The van der Waals surface area contributed by atoms with E-state index < -0.39 is 10.9 Å². The van der Waals surface area contributed by atoms with Crippen LogP contribution in [0.15, 0.2) is 71.8 Å². The first-order chi connectivity index (χ1) is 15.5. The van der Waals surface area contributed by atoms with Crippen LogP contribution in [0.5, 0.6) is 11.5 Å². The van der Waals surface area contributed by atoms with Crippen LogP contribution in [-0.4, -0.2) is 31.3 Å². The summed E-state index contributed by atoms with van der Waals surface area (Å²) in [6.45, 7) is 0.291. The fourth-order valence-electron chi connectivity index (χ4n) is 2.77. The van der Waals surface area contributed by atoms with Crippen LogP contribution in [0.2, 0.25) is 0 Å². The van der Waals surface area contributed by atoms with E-state index in [0.29, 0.717) is 29.4 Å². The number of hydrogen-bond acceptors (Lipinski definition) is 8. The first kappa shape index (κ1) is 22.3. The molecule has 0 unspecified atom stereocenters. The van der Waals surface area contributed by atoms with Crippen LogP contribution >= 0.6 is 0 Å². The van der Waals surface area contributed by atoms with Gasteiger partial charge < -0.3 is 14.2 Å². The van der Waals surface area contributed by atoms with Gasteiger partial charge in [0, 0.05) is 12.1 Å². The average molecular weight is 435 g/mol. The zero-order valence-electron chi connectivity index (χ0n) is 17.5. The normalized spacial score (nSPS) is 10.6. The second kappa shape index (κ2) is 10.6. The number of anilines is 1. The Hall–Kier alpha value is -4.40. The van der Waals surface area contributed by atoms with Crippen LogP contribution in [0, 0.1) is 10.1 Å². The molecule has 0 fully saturated rings. The lowest BCUT2D eigenvalue weighted by Crippen LogP contribution is -2.02. The molecule has 0 amide bonds. The maximum Gasteiger partial charge on any atom is 0.337 e. The van der Waals surface area contributed by atoms with E-state index in [-0.39, 0.29) is 5.69 Å². The van der Waals surface area contributed by atoms with Crippen LogP contribution in [0.1, 0.15) is 21.5 Å². The van der Waals surface area contributed by atoms with Crippen LogP contribution in [0.4, 0.5) is 11.4 Å². The van der Waals surface area contributed by atoms with Crippen molar-refractivity contribution in [3.05, 3.63) is 93.5 Å². The van der Waals surface area contributed by atoms with Gasteiger partial charge in [0.2, 0.25) is 0 Å². The highest BCUT2D eigenvalue weighted by atomic mass is 16.6. The number of hydrogen-bond donors (Lipinski definition) is 1. The number of ether oxygens (including phenoxy) is 3. The van der Waals surface area contributed by atoms with Gasteiger partial charge in [-0.2, -0.15) is 5.10 Å². The minimum absolute atomic E-state index is 0.0201. The number of esters is 1. The minimum atomic E-state index is -0.466. The maximum atomic E-state index is 11.5. The van der Waals surface area contributed by atoms with E-state index in [1.54, 1.807) is 60.8 Å². The highest BCUT2D eigenvalue weighted by Crippen LogP contribution is 2.28. The molecule has 0 aliphatic carbocycles. The van der Waals surface area contributed by atoms with Crippen LogP contribution in [-0.2, 0) is 11.3 Å². The van der Waals surface area contributed by atoms with Crippen molar-refractivity contribution in [3.63, 3.8) is 0 Å². The largest absolute Gasteiger partial charge is 0.493 e. The number of non-ortho nitro benzene ring substituents is 1. The number of nitrogens with zero attached hydrogens (tertiary/aromatic N) is 2. The summed E-state index contributed by atoms with van der Waals surface area (Å²) in [7, 11) is 2.87. The van der Waals surface area contributed by atoms with Gasteiger partial charge in [-0.1, -0.05) is 18.2 Å². The summed E-state index contributed by atoms with van der Waals surface area (Å²) in [5.41, 5.74) is 5.34. The zero-order chi connectivity index (χ0) is 22.9. The molecule has 32 heavy (non-hydrogen) atoms. The van der Waals surface area contributed by atoms with E-state index in [1.165, 1.54) is 26.4 Å². The van der Waals surface area contributed by atoms with Gasteiger partial charge in [0.15, 0.2) is 11.5 Å². The van der Waals surface area contributed by atoms with Gasteiger partial charge >= 0.3 is 5.97 Å². The van der Waals surface area contributed by atoms with Crippen LogP contribution < -0.4 is 14.9 Å². The van der Waals surface area contributed by atoms with E-state index in [4.69, 9.17) is 9.47 Å². The fraction of sp³-hybridized carbons (Fsp3) is 0.130. The summed E-state index contributed by atoms with van der Waals surface area (Å²) in [4.78, 5) is 21.9. The van der Waals surface area contributed by atoms with Crippen LogP contribution in [0.3, 0.4) is 0 Å². The van der Waals surface area contributed by atoms with E-state index in [9.17, 15) is 14.9 Å². The molecule has 0 aliphatic rings. The Kier molecular flexibility index (Phi) is 7.37. The summed E-state index contributed by atoms with van der Waals surface area (Å²) >= 11 is 0. The number of benzene rings is 3. The lowest BCUT2D eigenvalue weighted by Gasteiger charge is -2.11. The molecule has 0 atom stereocenters. The third-order valence-corrected chi connectivity index (χ3v) is 4.42. The molecule has 3 rings (SSSR count). The molecule has 3 aromatic carbocycles. The van der Waals surface area contributed by atoms with Crippen molar-refractivity contribution in [1.82, 2.24) is 0 Å². The van der Waals surface area contributed by atoms with E-state index in [2.05, 4.69) is 15.3 Å². The van der Waals surface area contributed by atoms with Crippen molar-refractivity contribution in [2.24, 2.45) is 5.10 Å². The average Bonchev–Trinajstić information content (AvgIpc) is 2.83. The molecule has 9 heteroatoms. The van der Waals surface area contributed by atoms with Gasteiger partial charge in [0.05, 0.1) is 36.6 Å². The van der Waals surface area contributed by atoms with Crippen molar-refractivity contribution in [2.75, 3.05) is 19.6 Å². The van der Waals surface area contributed by atoms with Gasteiger partial charge in [0.1, 0.15) is 6.61 Å². The summed E-state index contributed by atoms with van der Waals surface area (Å²) in [6.07, 6.45) is 1.57. The fourth-order valence-corrected chi connectivity index (χ4v) is 2.77. The topological polar surface area (TPSA) is 112 Å². The molecule has 9 nitrogen and oxygen atoms in total. The molecular formula is C23H21N3O6. The molecule has 164 valence electrons. The third-order valence-electron chi connectivity index (χ3n) is 4.42. The number of hydrazone groups is 1. The summed E-state index contributed by atoms with van der Waals surface area (Å²) in [6, 6.07) is 18.3. The number of rotatable bonds is 9. The monoisotopic (exact) mass is 435 g/mol. The Morgan fingerprint density at radius 3 is 2.53 bits per heavy atom. The minimum Gasteiger partial charge on any atom is -0.493 e. The lowest BCUT2D eigenvalue weighted by atomic mass is 10.1. The lowest BCUT2D eigenvalue weighted by molar-refractivity contribution is -0.384. The number of carbonyl (C=O) groups is 1. The molecule has 3 aromatic rings. The summed E-state index contributed by atoms with van der Waals surface area (Å²) < 4.78 is 15.9. The van der Waals surface area contributed by atoms with Gasteiger partial charge in [-0.15, -0.1) is 0 Å². The molecular weight excluding hydrogens is 414 g/mol. The SMILES string of the molecule is COC(=O)c1ccc(COc2ccc(/C=N\Nc3cccc([N+](=O)[O-])c3)cc2OC)cc1. The molecule has 0 radical (unpaired) electrons. The predicted molar refractivity (Wildman–Crippen MR) is 119 cm³/mol. The Balaban J connectivity index is 1.62. The van der Waals surface area contributed by atoms with Crippen molar-refractivity contribution < 1.29 is 23.9 Å². The van der Waals surface area contributed by atoms with Crippen molar-refractivity contribution >= 4 is 23.6 Å². The molecule has 0 aliphatic heterocycles. The number of carbonyl (C=O) groups excluding carboxylic acids is 1. The highest BCUT2D eigenvalue weighted by Gasteiger charge is 2.08. The Labute approximate surface area is 184 Å². The van der Waals surface area contributed by atoms with Gasteiger partial charge in [0.25, 0.3) is 5.69 Å². The molecule has 0 heterocycles. The standard InChI is InChI=1S/C23H21N3O6/c1-30-22-12-17(14-24-25-19-4-3-5-20(13-19)26(28)29)8-11-21(22)32-15-16-6-9-18(10-7-16)23(27)31-2/h3-14,25H,15H2,1-2H3/b24-14-. The highest BCUT2D eigenvalue weighted by molar-refractivity contribution is 5.89. The number of nitro benzene ring substituents is 1. The van der Waals surface area contributed by atoms with Crippen LogP contribution in [0.25, 0.3) is 0 Å². The number of nitro groups is 1. The predicted octanol–water partition coefficient (Wildman–Crippen LogP) is 4.42. The molecule has 0 saturated heterocycles. The van der Waals surface area contributed by atoms with Gasteiger partial charge in [-0.05, 0) is 47.5 Å². The second-order valence-electron chi connectivity index (χ2n) is 6.56. The maximum absolute atomic E-state index is 11.5. The van der Waals surface area contributed by atoms with E-state index in [1.807, 2.05) is 0 Å². The molecule has 0 aromatic heterocycles. The smallest absolute Gasteiger partial charge is 0.337 e. The second-order valence-corrected chi connectivity index (χ2v) is 6.56. The first-order valence-corrected chi connectivity index (χ1v) is 9.52. The van der Waals surface area contributed by atoms with Gasteiger partial charge in [-0.25, -0.2) is 4.79 Å². The number of methoxy groups -OCH3 is 2. The Morgan fingerprint density at radius 2 is 1.84 bits per heavy atom. The number of nitrogens with one attached hydrogen (secondary N) is 1. The molecule has 1 N–H and O–H groups in total. The Bertz CT molecular complexity index is 1130. The molecule has 0 bridgehead atoms. The van der Waals surface area contributed by atoms with E-state index >= 15 is 0 Å². The van der Waals surface area contributed by atoms with Crippen molar-refractivity contribution in [3.8, 4) is 11.5 Å².